The summed E-state index contributed by atoms with van der Waals surface area (Å²) in [6, 6.07) is 5.33. The maximum atomic E-state index is 9.28. The van der Waals surface area contributed by atoms with Crippen LogP contribution in [-0.4, -0.2) is 19.9 Å². The molecule has 1 N–H and O–H groups in total. The largest absolute Gasteiger partial charge is 0.392 e. The van der Waals surface area contributed by atoms with Gasteiger partial charge in [-0.05, 0) is 32.0 Å². The van der Waals surface area contributed by atoms with Crippen LogP contribution in [0.4, 0.5) is 0 Å². The molecule has 0 amide bonds. The molecule has 2 aromatic rings. The summed E-state index contributed by atoms with van der Waals surface area (Å²) < 4.78 is 1.71. The lowest BCUT2D eigenvalue weighted by Gasteiger charge is -2.08. The van der Waals surface area contributed by atoms with E-state index in [9.17, 15) is 5.11 Å². The predicted octanol–water partition coefficient (Wildman–Crippen LogP) is 2.03. The summed E-state index contributed by atoms with van der Waals surface area (Å²) >= 11 is 5.87. The maximum absolute atomic E-state index is 9.28. The second-order valence-corrected chi connectivity index (χ2v) is 3.99. The first-order valence-electron chi connectivity index (χ1n) is 4.91. The summed E-state index contributed by atoms with van der Waals surface area (Å²) in [7, 11) is 0. The van der Waals surface area contributed by atoms with Gasteiger partial charge in [-0.25, -0.2) is 9.67 Å². The number of halogens is 1. The van der Waals surface area contributed by atoms with Crippen molar-refractivity contribution >= 4 is 11.6 Å². The molecular weight excluding hydrogens is 226 g/mol. The molecule has 4 nitrogen and oxygen atoms in total. The third-order valence-electron chi connectivity index (χ3n) is 2.31. The van der Waals surface area contributed by atoms with E-state index < -0.39 is 0 Å². The molecule has 0 aliphatic heterocycles. The molecule has 0 saturated carbocycles. The van der Waals surface area contributed by atoms with Gasteiger partial charge in [-0.1, -0.05) is 11.6 Å². The van der Waals surface area contributed by atoms with E-state index >= 15 is 0 Å². The summed E-state index contributed by atoms with van der Waals surface area (Å²) in [4.78, 5) is 4.22. The van der Waals surface area contributed by atoms with Crippen LogP contribution in [0.15, 0.2) is 18.2 Å². The van der Waals surface area contributed by atoms with E-state index in [4.69, 9.17) is 11.6 Å². The van der Waals surface area contributed by atoms with Crippen molar-refractivity contribution in [2.24, 2.45) is 0 Å². The second-order valence-electron chi connectivity index (χ2n) is 3.55. The normalized spacial score (nSPS) is 10.8. The van der Waals surface area contributed by atoms with Crippen LogP contribution in [0, 0.1) is 13.8 Å². The lowest BCUT2D eigenvalue weighted by atomic mass is 10.2. The average Bonchev–Trinajstić information content (AvgIpc) is 2.57. The van der Waals surface area contributed by atoms with Crippen LogP contribution >= 0.6 is 11.6 Å². The fraction of sp³-hybridized carbons (Fsp3) is 0.273. The number of aryl methyl sites for hydroxylation is 2. The summed E-state index contributed by atoms with van der Waals surface area (Å²) in [6.45, 7) is 3.63. The zero-order valence-corrected chi connectivity index (χ0v) is 9.86. The minimum absolute atomic E-state index is 0.0752. The molecule has 16 heavy (non-hydrogen) atoms. The summed E-state index contributed by atoms with van der Waals surface area (Å²) in [5, 5.41) is 14.2. The molecule has 2 rings (SSSR count). The lowest BCUT2D eigenvalue weighted by molar-refractivity contribution is 0.281. The van der Waals surface area contributed by atoms with E-state index in [0.29, 0.717) is 10.8 Å². The van der Waals surface area contributed by atoms with E-state index in [1.807, 2.05) is 19.9 Å². The monoisotopic (exact) mass is 237 g/mol. The molecule has 0 bridgehead atoms. The van der Waals surface area contributed by atoms with Gasteiger partial charge in [-0.15, -0.1) is 0 Å². The fourth-order valence-corrected chi connectivity index (χ4v) is 1.83. The summed E-state index contributed by atoms with van der Waals surface area (Å²) in [5.41, 5.74) is 1.55. The Morgan fingerprint density at radius 2 is 2.12 bits per heavy atom. The Bertz CT molecular complexity index is 522. The molecule has 5 heteroatoms. The zero-order valence-electron chi connectivity index (χ0n) is 9.11. The van der Waals surface area contributed by atoms with Crippen molar-refractivity contribution in [2.75, 3.05) is 0 Å². The van der Waals surface area contributed by atoms with E-state index in [2.05, 4.69) is 10.1 Å². The van der Waals surface area contributed by atoms with Crippen LogP contribution in [0.5, 0.6) is 0 Å². The van der Waals surface area contributed by atoms with Crippen LogP contribution < -0.4 is 0 Å². The molecule has 1 aromatic carbocycles. The molecule has 0 fully saturated rings. The van der Waals surface area contributed by atoms with Gasteiger partial charge in [-0.2, -0.15) is 5.10 Å². The summed E-state index contributed by atoms with van der Waals surface area (Å²) in [6.07, 6.45) is 0. The van der Waals surface area contributed by atoms with E-state index in [1.54, 1.807) is 16.8 Å². The quantitative estimate of drug-likeness (QED) is 0.870. The Labute approximate surface area is 98.5 Å². The van der Waals surface area contributed by atoms with Crippen LogP contribution in [-0.2, 0) is 6.61 Å². The molecule has 0 spiro atoms. The van der Waals surface area contributed by atoms with Gasteiger partial charge in [-0.3, -0.25) is 0 Å². The smallest absolute Gasteiger partial charge is 0.148 e. The SMILES string of the molecule is Cc1nc(C)n(-c2ccc(Cl)cc2CO)n1. The average molecular weight is 238 g/mol. The van der Waals surface area contributed by atoms with Crippen molar-refractivity contribution < 1.29 is 5.11 Å². The first-order chi connectivity index (χ1) is 7.61. The topological polar surface area (TPSA) is 50.9 Å². The molecule has 0 aliphatic rings. The van der Waals surface area contributed by atoms with Gasteiger partial charge >= 0.3 is 0 Å². The van der Waals surface area contributed by atoms with Gasteiger partial charge in [0, 0.05) is 10.6 Å². The highest BCUT2D eigenvalue weighted by Crippen LogP contribution is 2.20. The van der Waals surface area contributed by atoms with E-state index in [-0.39, 0.29) is 6.61 Å². The number of hydrogen-bond acceptors (Lipinski definition) is 3. The number of nitrogens with zero attached hydrogens (tertiary/aromatic N) is 3. The number of aliphatic hydroxyl groups is 1. The van der Waals surface area contributed by atoms with Gasteiger partial charge < -0.3 is 5.11 Å². The highest BCUT2D eigenvalue weighted by atomic mass is 35.5. The van der Waals surface area contributed by atoms with Gasteiger partial charge in [0.05, 0.1) is 12.3 Å². The van der Waals surface area contributed by atoms with Crippen LogP contribution in [0.1, 0.15) is 17.2 Å². The third kappa shape index (κ3) is 1.94. The Morgan fingerprint density at radius 1 is 1.38 bits per heavy atom. The minimum Gasteiger partial charge on any atom is -0.392 e. The van der Waals surface area contributed by atoms with Crippen LogP contribution in [0.3, 0.4) is 0 Å². The van der Waals surface area contributed by atoms with Gasteiger partial charge in [0.2, 0.25) is 0 Å². The van der Waals surface area contributed by atoms with Crippen molar-refractivity contribution in [3.8, 4) is 5.69 Å². The molecule has 0 radical (unpaired) electrons. The van der Waals surface area contributed by atoms with Crippen molar-refractivity contribution in [2.45, 2.75) is 20.5 Å². The Hall–Kier alpha value is -1.39. The fourth-order valence-electron chi connectivity index (χ4n) is 1.64. The standard InChI is InChI=1S/C11H12ClN3O/c1-7-13-8(2)15(14-7)11-4-3-10(12)5-9(11)6-16/h3-5,16H,6H2,1-2H3. The molecule has 0 atom stereocenters. The number of aromatic nitrogens is 3. The molecule has 84 valence electrons. The number of rotatable bonds is 2. The number of hydrogen-bond donors (Lipinski definition) is 1. The highest BCUT2D eigenvalue weighted by Gasteiger charge is 2.09. The molecule has 1 heterocycles. The molecule has 0 unspecified atom stereocenters. The first kappa shape index (κ1) is 11.1. The predicted molar refractivity (Wildman–Crippen MR) is 61.8 cm³/mol. The zero-order chi connectivity index (χ0) is 11.7. The highest BCUT2D eigenvalue weighted by molar-refractivity contribution is 6.30. The lowest BCUT2D eigenvalue weighted by Crippen LogP contribution is -2.03. The van der Waals surface area contributed by atoms with E-state index in [1.165, 1.54) is 0 Å². The minimum atomic E-state index is -0.0752. The molecule has 0 saturated heterocycles. The van der Waals surface area contributed by atoms with Crippen molar-refractivity contribution in [3.05, 3.63) is 40.4 Å². The van der Waals surface area contributed by atoms with Crippen molar-refractivity contribution in [1.29, 1.82) is 0 Å². The molecular formula is C11H12ClN3O. The maximum Gasteiger partial charge on any atom is 0.148 e. The van der Waals surface area contributed by atoms with Crippen molar-refractivity contribution in [1.82, 2.24) is 14.8 Å². The summed E-state index contributed by atoms with van der Waals surface area (Å²) in [5.74, 6) is 1.49. The Kier molecular flexibility index (Phi) is 2.94. The van der Waals surface area contributed by atoms with Crippen LogP contribution in [0.2, 0.25) is 5.02 Å². The second kappa shape index (κ2) is 4.23. The van der Waals surface area contributed by atoms with Gasteiger partial charge in [0.25, 0.3) is 0 Å². The van der Waals surface area contributed by atoms with Gasteiger partial charge in [0.15, 0.2) is 0 Å². The molecule has 0 aliphatic carbocycles. The molecule has 1 aromatic heterocycles. The third-order valence-corrected chi connectivity index (χ3v) is 2.55. The number of aliphatic hydroxyl groups excluding tert-OH is 1. The van der Waals surface area contributed by atoms with Crippen molar-refractivity contribution in [3.63, 3.8) is 0 Å². The number of benzene rings is 1. The Balaban J connectivity index is 2.59. The van der Waals surface area contributed by atoms with E-state index in [0.717, 1.165) is 17.1 Å². The van der Waals surface area contributed by atoms with Gasteiger partial charge in [0.1, 0.15) is 11.6 Å². The first-order valence-corrected chi connectivity index (χ1v) is 5.29. The Morgan fingerprint density at radius 3 is 2.69 bits per heavy atom. The van der Waals surface area contributed by atoms with Crippen LogP contribution in [0.25, 0.3) is 5.69 Å².